The predicted octanol–water partition coefficient (Wildman–Crippen LogP) is 2.53. The first-order chi connectivity index (χ1) is 15.8. The van der Waals surface area contributed by atoms with Crippen LogP contribution in [-0.2, 0) is 9.84 Å². The molecule has 0 radical (unpaired) electrons. The van der Waals surface area contributed by atoms with Crippen LogP contribution in [0.15, 0.2) is 47.4 Å². The van der Waals surface area contributed by atoms with E-state index in [-0.39, 0.29) is 4.90 Å². The van der Waals surface area contributed by atoms with Gasteiger partial charge in [0.25, 0.3) is 0 Å². The SMILES string of the molecule is CC(C)S(=O)(=O)c1cc(-c2[nH]c(C3CCNCC3)nc2-c2ccccc2)cc2[nH]c([AsH2])nc12. The molecule has 3 N–H and O–H groups in total. The van der Waals surface area contributed by atoms with Crippen LogP contribution in [0.4, 0.5) is 0 Å². The number of aromatic nitrogens is 4. The van der Waals surface area contributed by atoms with Crippen LogP contribution >= 0.6 is 0 Å². The quantitative estimate of drug-likeness (QED) is 0.348. The van der Waals surface area contributed by atoms with Crippen molar-refractivity contribution in [2.24, 2.45) is 0 Å². The van der Waals surface area contributed by atoms with Crippen molar-refractivity contribution >= 4 is 42.3 Å². The van der Waals surface area contributed by atoms with Gasteiger partial charge in [0.1, 0.15) is 0 Å². The molecule has 33 heavy (non-hydrogen) atoms. The van der Waals surface area contributed by atoms with E-state index in [2.05, 4.69) is 20.3 Å². The third-order valence-electron chi connectivity index (χ3n) is 6.28. The molecule has 1 aliphatic heterocycles. The number of nitrogens with one attached hydrogen (secondary N) is 3. The Hall–Kier alpha value is -2.41. The molecule has 5 rings (SSSR count). The minimum atomic E-state index is -3.53. The van der Waals surface area contributed by atoms with Crippen molar-refractivity contribution in [3.63, 3.8) is 0 Å². The van der Waals surface area contributed by atoms with Crippen LogP contribution in [0.5, 0.6) is 0 Å². The maximum absolute atomic E-state index is 13.3. The maximum atomic E-state index is 13.3. The van der Waals surface area contributed by atoms with Gasteiger partial charge >= 0.3 is 203 Å². The third kappa shape index (κ3) is 4.16. The molecule has 1 atom stereocenters. The van der Waals surface area contributed by atoms with Gasteiger partial charge in [-0.05, 0) is 0 Å². The number of hydrogen-bond donors (Lipinski definition) is 3. The van der Waals surface area contributed by atoms with Gasteiger partial charge in [0, 0.05) is 0 Å². The van der Waals surface area contributed by atoms with Crippen LogP contribution in [0.2, 0.25) is 0 Å². The average molecular weight is 526 g/mol. The summed E-state index contributed by atoms with van der Waals surface area (Å²) in [6, 6.07) is 13.8. The summed E-state index contributed by atoms with van der Waals surface area (Å²) in [4.78, 5) is 16.7. The van der Waals surface area contributed by atoms with Crippen molar-refractivity contribution in [3.8, 4) is 22.5 Å². The molecule has 4 aromatic rings. The Labute approximate surface area is 202 Å². The third-order valence-corrected chi connectivity index (χ3v) is 9.02. The second-order valence-corrected chi connectivity index (χ2v) is 12.4. The van der Waals surface area contributed by atoms with Crippen molar-refractivity contribution in [2.75, 3.05) is 13.1 Å². The molecule has 3 heterocycles. The van der Waals surface area contributed by atoms with Crippen LogP contribution in [0.25, 0.3) is 33.5 Å². The van der Waals surface area contributed by atoms with Crippen molar-refractivity contribution in [2.45, 2.75) is 42.8 Å². The van der Waals surface area contributed by atoms with E-state index in [0.717, 1.165) is 64.4 Å². The number of imidazole rings is 2. The van der Waals surface area contributed by atoms with E-state index >= 15 is 0 Å². The number of piperidine rings is 1. The number of hydrogen-bond acceptors (Lipinski definition) is 5. The molecule has 172 valence electrons. The molecule has 2 aromatic carbocycles. The van der Waals surface area contributed by atoms with E-state index in [4.69, 9.17) is 4.98 Å². The molecule has 0 saturated carbocycles. The zero-order valence-corrected chi connectivity index (χ0v) is 22.0. The molecule has 1 fully saturated rings. The summed E-state index contributed by atoms with van der Waals surface area (Å²) < 4.78 is 27.3. The molecule has 0 bridgehead atoms. The van der Waals surface area contributed by atoms with Crippen molar-refractivity contribution < 1.29 is 8.42 Å². The van der Waals surface area contributed by atoms with Gasteiger partial charge in [0.05, 0.1) is 0 Å². The number of sulfone groups is 1. The van der Waals surface area contributed by atoms with E-state index in [9.17, 15) is 8.42 Å². The van der Waals surface area contributed by atoms with E-state index in [1.54, 1.807) is 19.9 Å². The second kappa shape index (κ2) is 8.74. The predicted molar refractivity (Wildman–Crippen MR) is 134 cm³/mol. The monoisotopic (exact) mass is 525 g/mol. The Kier molecular flexibility index (Phi) is 5.93. The Morgan fingerprint density at radius 1 is 1.00 bits per heavy atom. The molecular formula is C24H28AsN5O2S. The standard InChI is InChI=1S/C24H28AsN5O2S/c1-14(2)33(31,32)19-13-17(12-18-22(19)30-24(25)27-18)21-20(15-6-4-3-5-7-15)28-23(29-21)16-8-10-26-11-9-16/h3-7,12-14,16,26H,8-11,25H2,1-2H3,(H,27,30)(H,28,29). The number of fused-ring (bicyclic) bond motifs is 1. The molecule has 1 unspecified atom stereocenters. The summed E-state index contributed by atoms with van der Waals surface area (Å²) in [5.74, 6) is 1.31. The van der Waals surface area contributed by atoms with Crippen LogP contribution in [0.3, 0.4) is 0 Å². The van der Waals surface area contributed by atoms with Gasteiger partial charge in [-0.3, -0.25) is 0 Å². The normalized spacial score (nSPS) is 15.5. The van der Waals surface area contributed by atoms with E-state index in [0.29, 0.717) is 11.4 Å². The van der Waals surface area contributed by atoms with Gasteiger partial charge < -0.3 is 0 Å². The summed E-state index contributed by atoms with van der Waals surface area (Å²) in [5.41, 5.74) is 4.71. The molecule has 0 spiro atoms. The molecule has 1 saturated heterocycles. The molecular weight excluding hydrogens is 497 g/mol. The second-order valence-electron chi connectivity index (χ2n) is 8.82. The first-order valence-electron chi connectivity index (χ1n) is 11.2. The summed E-state index contributed by atoms with van der Waals surface area (Å²) >= 11 is 1.33. The van der Waals surface area contributed by atoms with Crippen LogP contribution in [-0.4, -0.2) is 63.5 Å². The summed E-state index contributed by atoms with van der Waals surface area (Å²) in [6.45, 7) is 5.36. The van der Waals surface area contributed by atoms with Crippen molar-refractivity contribution in [3.05, 3.63) is 48.3 Å². The van der Waals surface area contributed by atoms with Crippen LogP contribution < -0.4 is 9.93 Å². The van der Waals surface area contributed by atoms with Crippen LogP contribution in [0, 0.1) is 0 Å². The number of H-pyrrole nitrogens is 2. The summed E-state index contributed by atoms with van der Waals surface area (Å²) in [6.07, 6.45) is 2.05. The number of rotatable bonds is 5. The van der Waals surface area contributed by atoms with Crippen molar-refractivity contribution in [1.29, 1.82) is 0 Å². The zero-order chi connectivity index (χ0) is 23.2. The first kappa shape index (κ1) is 22.4. The van der Waals surface area contributed by atoms with Crippen molar-refractivity contribution in [1.82, 2.24) is 25.3 Å². The zero-order valence-electron chi connectivity index (χ0n) is 18.7. The molecule has 7 nitrogen and oxygen atoms in total. The Balaban J connectivity index is 1.74. The molecule has 0 amide bonds. The molecule has 2 aromatic heterocycles. The number of aromatic amines is 2. The Morgan fingerprint density at radius 3 is 2.42 bits per heavy atom. The van der Waals surface area contributed by atoms with Gasteiger partial charge in [0.2, 0.25) is 0 Å². The Morgan fingerprint density at radius 2 is 1.73 bits per heavy atom. The van der Waals surface area contributed by atoms with Gasteiger partial charge in [-0.25, -0.2) is 0 Å². The fraction of sp³-hybridized carbons (Fsp3) is 0.333. The number of benzene rings is 2. The molecule has 9 heteroatoms. The average Bonchev–Trinajstić information content (AvgIpc) is 3.42. The first-order valence-corrected chi connectivity index (χ1v) is 14.0. The number of nitrogens with zero attached hydrogens (tertiary/aromatic N) is 2. The fourth-order valence-electron chi connectivity index (χ4n) is 4.41. The summed E-state index contributed by atoms with van der Waals surface area (Å²) in [7, 11) is -3.53. The van der Waals surface area contributed by atoms with Crippen LogP contribution in [0.1, 0.15) is 38.4 Å². The topological polar surface area (TPSA) is 104 Å². The van der Waals surface area contributed by atoms with Gasteiger partial charge in [0.15, 0.2) is 0 Å². The van der Waals surface area contributed by atoms with E-state index < -0.39 is 15.1 Å². The van der Waals surface area contributed by atoms with Gasteiger partial charge in [-0.2, -0.15) is 0 Å². The summed E-state index contributed by atoms with van der Waals surface area (Å²) in [5, 5.41) is 2.87. The molecule has 1 aliphatic rings. The van der Waals surface area contributed by atoms with Gasteiger partial charge in [-0.15, -0.1) is 0 Å². The van der Waals surface area contributed by atoms with E-state index in [1.807, 2.05) is 36.4 Å². The molecule has 0 aliphatic carbocycles. The fourth-order valence-corrected chi connectivity index (χ4v) is 6.24. The minimum absolute atomic E-state index is 0.266. The Bertz CT molecular complexity index is 1400. The van der Waals surface area contributed by atoms with E-state index in [1.165, 1.54) is 16.9 Å². The van der Waals surface area contributed by atoms with Gasteiger partial charge in [-0.1, -0.05) is 0 Å².